The first-order valence-electron chi connectivity index (χ1n) is 8.63. The number of rotatable bonds is 6. The summed E-state index contributed by atoms with van der Waals surface area (Å²) in [5.74, 6) is 0.891. The standard InChI is InChI=1S/C18H31N5.HI/c1-16(2)21-18(19-3)20-9-10-22-11-13-23(14-12-22)15-17-7-5-4-6-8-17;/h4-8,16H,9-15H2,1-3H3,(H2,19,20,21);1H. The molecule has 1 heterocycles. The van der Waals surface area contributed by atoms with E-state index in [-0.39, 0.29) is 24.0 Å². The van der Waals surface area contributed by atoms with Gasteiger partial charge < -0.3 is 10.6 Å². The number of nitrogens with zero attached hydrogens (tertiary/aromatic N) is 3. The highest BCUT2D eigenvalue weighted by Crippen LogP contribution is 2.07. The quantitative estimate of drug-likeness (QED) is 0.400. The van der Waals surface area contributed by atoms with Gasteiger partial charge in [-0.05, 0) is 19.4 Å². The zero-order chi connectivity index (χ0) is 16.5. The molecule has 0 aliphatic carbocycles. The van der Waals surface area contributed by atoms with Crippen LogP contribution >= 0.6 is 24.0 Å². The summed E-state index contributed by atoms with van der Waals surface area (Å²) in [6.07, 6.45) is 0. The molecule has 1 fully saturated rings. The average molecular weight is 445 g/mol. The Bertz CT molecular complexity index is 470. The van der Waals surface area contributed by atoms with Crippen LogP contribution in [0.1, 0.15) is 19.4 Å². The van der Waals surface area contributed by atoms with Crippen molar-refractivity contribution in [3.63, 3.8) is 0 Å². The van der Waals surface area contributed by atoms with Gasteiger partial charge in [0.05, 0.1) is 0 Å². The number of guanidine groups is 1. The van der Waals surface area contributed by atoms with Gasteiger partial charge in [-0.25, -0.2) is 0 Å². The summed E-state index contributed by atoms with van der Waals surface area (Å²) in [7, 11) is 1.82. The van der Waals surface area contributed by atoms with E-state index in [9.17, 15) is 0 Å². The van der Waals surface area contributed by atoms with Crippen molar-refractivity contribution in [1.82, 2.24) is 20.4 Å². The smallest absolute Gasteiger partial charge is 0.191 e. The lowest BCUT2D eigenvalue weighted by Crippen LogP contribution is -2.49. The van der Waals surface area contributed by atoms with Crippen LogP contribution in [0.2, 0.25) is 0 Å². The Morgan fingerprint density at radius 2 is 1.71 bits per heavy atom. The first-order valence-corrected chi connectivity index (χ1v) is 8.63. The summed E-state index contributed by atoms with van der Waals surface area (Å²) < 4.78 is 0. The molecule has 0 unspecified atom stereocenters. The summed E-state index contributed by atoms with van der Waals surface area (Å²) in [5.41, 5.74) is 1.41. The highest BCUT2D eigenvalue weighted by atomic mass is 127. The molecule has 0 amide bonds. The molecule has 1 aliphatic rings. The Morgan fingerprint density at radius 3 is 2.29 bits per heavy atom. The maximum absolute atomic E-state index is 4.24. The number of aliphatic imine (C=N–C) groups is 1. The third kappa shape index (κ3) is 7.81. The largest absolute Gasteiger partial charge is 0.355 e. The van der Waals surface area contributed by atoms with Gasteiger partial charge in [0.1, 0.15) is 0 Å². The van der Waals surface area contributed by atoms with Crippen molar-refractivity contribution in [2.24, 2.45) is 4.99 Å². The maximum Gasteiger partial charge on any atom is 0.191 e. The van der Waals surface area contributed by atoms with Crippen molar-refractivity contribution < 1.29 is 0 Å². The van der Waals surface area contributed by atoms with Crippen LogP contribution < -0.4 is 10.6 Å². The summed E-state index contributed by atoms with van der Waals surface area (Å²) >= 11 is 0. The molecule has 2 rings (SSSR count). The molecule has 1 saturated heterocycles. The second-order valence-corrected chi connectivity index (χ2v) is 6.40. The first-order chi connectivity index (χ1) is 11.2. The SMILES string of the molecule is CN=C(NCCN1CCN(Cc2ccccc2)CC1)NC(C)C.I. The molecule has 0 radical (unpaired) electrons. The van der Waals surface area contributed by atoms with E-state index in [0.29, 0.717) is 6.04 Å². The van der Waals surface area contributed by atoms with E-state index in [1.165, 1.54) is 5.56 Å². The van der Waals surface area contributed by atoms with Crippen LogP contribution in [-0.2, 0) is 6.54 Å². The third-order valence-corrected chi connectivity index (χ3v) is 4.08. The average Bonchev–Trinajstić information content (AvgIpc) is 2.56. The summed E-state index contributed by atoms with van der Waals surface area (Å²) in [6, 6.07) is 11.1. The van der Waals surface area contributed by atoms with Crippen molar-refractivity contribution in [2.75, 3.05) is 46.3 Å². The monoisotopic (exact) mass is 445 g/mol. The van der Waals surface area contributed by atoms with Crippen LogP contribution in [0.15, 0.2) is 35.3 Å². The summed E-state index contributed by atoms with van der Waals surface area (Å²) in [4.78, 5) is 9.30. The molecule has 0 atom stereocenters. The van der Waals surface area contributed by atoms with Crippen molar-refractivity contribution in [3.05, 3.63) is 35.9 Å². The topological polar surface area (TPSA) is 42.9 Å². The Morgan fingerprint density at radius 1 is 1.08 bits per heavy atom. The van der Waals surface area contributed by atoms with E-state index in [1.54, 1.807) is 0 Å². The minimum absolute atomic E-state index is 0. The molecule has 136 valence electrons. The van der Waals surface area contributed by atoms with Gasteiger partial charge in [-0.3, -0.25) is 14.8 Å². The fourth-order valence-electron chi connectivity index (χ4n) is 2.81. The summed E-state index contributed by atoms with van der Waals surface area (Å²) in [6.45, 7) is 11.9. The molecule has 1 aromatic rings. The van der Waals surface area contributed by atoms with Gasteiger partial charge >= 0.3 is 0 Å². The zero-order valence-electron chi connectivity index (χ0n) is 15.2. The van der Waals surface area contributed by atoms with Gasteiger partial charge in [0, 0.05) is 58.9 Å². The van der Waals surface area contributed by atoms with Crippen molar-refractivity contribution >= 4 is 29.9 Å². The Balaban J connectivity index is 0.00000288. The van der Waals surface area contributed by atoms with E-state index in [2.05, 4.69) is 69.6 Å². The van der Waals surface area contributed by atoms with Gasteiger partial charge in [-0.15, -0.1) is 24.0 Å². The van der Waals surface area contributed by atoms with E-state index in [1.807, 2.05) is 7.05 Å². The highest BCUT2D eigenvalue weighted by molar-refractivity contribution is 14.0. The van der Waals surface area contributed by atoms with E-state index >= 15 is 0 Å². The molecule has 0 saturated carbocycles. The molecule has 2 N–H and O–H groups in total. The number of hydrogen-bond acceptors (Lipinski definition) is 3. The lowest BCUT2D eigenvalue weighted by molar-refractivity contribution is 0.129. The van der Waals surface area contributed by atoms with E-state index < -0.39 is 0 Å². The molecule has 1 aliphatic heterocycles. The highest BCUT2D eigenvalue weighted by Gasteiger charge is 2.16. The number of benzene rings is 1. The Kier molecular flexibility index (Phi) is 10.3. The van der Waals surface area contributed by atoms with Crippen LogP contribution in [0, 0.1) is 0 Å². The molecule has 5 nitrogen and oxygen atoms in total. The number of piperazine rings is 1. The van der Waals surface area contributed by atoms with Gasteiger partial charge in [0.25, 0.3) is 0 Å². The van der Waals surface area contributed by atoms with Gasteiger partial charge in [-0.1, -0.05) is 30.3 Å². The van der Waals surface area contributed by atoms with Gasteiger partial charge in [0.2, 0.25) is 0 Å². The molecular formula is C18H32IN5. The fourth-order valence-corrected chi connectivity index (χ4v) is 2.81. The predicted octanol–water partition coefficient (Wildman–Crippen LogP) is 2.00. The summed E-state index contributed by atoms with van der Waals surface area (Å²) in [5, 5.41) is 6.70. The van der Waals surface area contributed by atoms with Crippen LogP contribution in [-0.4, -0.2) is 68.1 Å². The van der Waals surface area contributed by atoms with Crippen molar-refractivity contribution in [1.29, 1.82) is 0 Å². The van der Waals surface area contributed by atoms with Crippen LogP contribution in [0.4, 0.5) is 0 Å². The zero-order valence-corrected chi connectivity index (χ0v) is 17.5. The fraction of sp³-hybridized carbons (Fsp3) is 0.611. The Labute approximate surface area is 163 Å². The van der Waals surface area contributed by atoms with E-state index in [0.717, 1.165) is 51.8 Å². The predicted molar refractivity (Wildman–Crippen MR) is 113 cm³/mol. The maximum atomic E-state index is 4.24. The van der Waals surface area contributed by atoms with Crippen LogP contribution in [0.25, 0.3) is 0 Å². The minimum Gasteiger partial charge on any atom is -0.355 e. The second kappa shape index (κ2) is 11.7. The second-order valence-electron chi connectivity index (χ2n) is 6.40. The van der Waals surface area contributed by atoms with Gasteiger partial charge in [-0.2, -0.15) is 0 Å². The van der Waals surface area contributed by atoms with Gasteiger partial charge in [0.15, 0.2) is 5.96 Å². The molecule has 1 aromatic carbocycles. The minimum atomic E-state index is 0. The number of hydrogen-bond donors (Lipinski definition) is 2. The molecule has 0 spiro atoms. The van der Waals surface area contributed by atoms with E-state index in [4.69, 9.17) is 0 Å². The third-order valence-electron chi connectivity index (χ3n) is 4.08. The lowest BCUT2D eigenvalue weighted by atomic mass is 10.2. The van der Waals surface area contributed by atoms with Crippen molar-refractivity contribution in [3.8, 4) is 0 Å². The molecule has 24 heavy (non-hydrogen) atoms. The molecular weight excluding hydrogens is 413 g/mol. The number of nitrogens with one attached hydrogen (secondary N) is 2. The Hall–Kier alpha value is -0.860. The van der Waals surface area contributed by atoms with Crippen LogP contribution in [0.5, 0.6) is 0 Å². The normalized spacial score (nSPS) is 16.8. The molecule has 0 bridgehead atoms. The number of halogens is 1. The lowest BCUT2D eigenvalue weighted by Gasteiger charge is -2.34. The molecule has 6 heteroatoms. The first kappa shape index (κ1) is 21.2. The van der Waals surface area contributed by atoms with Crippen LogP contribution in [0.3, 0.4) is 0 Å². The van der Waals surface area contributed by atoms with Crippen molar-refractivity contribution in [2.45, 2.75) is 26.4 Å². The molecule has 0 aromatic heterocycles.